The SMILES string of the molecule is N#Cc1c(-n2c3ccccc3c3ccccc32)c(-c2nc3ccccc3n2-c2ccccc2)c(-n2c3ccccc3c3ccccc32)c(-n2c3ccccc3c3ccccc32)c1-n1c2ccccc2c2ccccc21. The summed E-state index contributed by atoms with van der Waals surface area (Å²) in [6, 6.07) is 91.4. The summed E-state index contributed by atoms with van der Waals surface area (Å²) in [5.41, 5.74) is 15.2. The summed E-state index contributed by atoms with van der Waals surface area (Å²) in [6.45, 7) is 0. The van der Waals surface area contributed by atoms with Crippen LogP contribution in [0.15, 0.2) is 249 Å². The van der Waals surface area contributed by atoms with Gasteiger partial charge in [-0.1, -0.05) is 176 Å². The Morgan fingerprint density at radius 1 is 0.267 bits per heavy atom. The number of fused-ring (bicyclic) bond motifs is 13. The monoisotopic (exact) mass is 955 g/mol. The van der Waals surface area contributed by atoms with Crippen LogP contribution in [0.25, 0.3) is 138 Å². The van der Waals surface area contributed by atoms with E-state index in [4.69, 9.17) is 4.98 Å². The molecule has 75 heavy (non-hydrogen) atoms. The van der Waals surface area contributed by atoms with Crippen molar-refractivity contribution < 1.29 is 0 Å². The van der Waals surface area contributed by atoms with Crippen molar-refractivity contribution >= 4 is 98.3 Å². The van der Waals surface area contributed by atoms with Gasteiger partial charge in [-0.15, -0.1) is 0 Å². The minimum atomic E-state index is 0.496. The number of hydrogen-bond acceptors (Lipinski definition) is 2. The molecule has 0 aliphatic heterocycles. The molecule has 7 heteroatoms. The summed E-state index contributed by atoms with van der Waals surface area (Å²) in [4.78, 5) is 5.85. The minimum Gasteiger partial charge on any atom is -0.307 e. The fourth-order valence-corrected chi connectivity index (χ4v) is 12.6. The molecule has 5 heterocycles. The largest absolute Gasteiger partial charge is 0.307 e. The third kappa shape index (κ3) is 5.65. The molecule has 0 amide bonds. The predicted molar refractivity (Wildman–Crippen MR) is 309 cm³/mol. The molecule has 0 spiro atoms. The Balaban J connectivity index is 1.30. The second-order valence-corrected chi connectivity index (χ2v) is 19.3. The van der Waals surface area contributed by atoms with E-state index in [2.05, 4.69) is 278 Å². The zero-order valence-corrected chi connectivity index (χ0v) is 40.3. The Labute approximate surface area is 429 Å². The molecule has 0 aliphatic rings. The van der Waals surface area contributed by atoms with Crippen molar-refractivity contribution in [2.24, 2.45) is 0 Å². The average molecular weight is 956 g/mol. The summed E-state index contributed by atoms with van der Waals surface area (Å²) in [7, 11) is 0. The van der Waals surface area contributed by atoms with Gasteiger partial charge in [-0.05, 0) is 72.8 Å². The molecule has 0 fully saturated rings. The summed E-state index contributed by atoms with van der Waals surface area (Å²) >= 11 is 0. The van der Waals surface area contributed by atoms with E-state index >= 15 is 0 Å². The van der Waals surface area contributed by atoms with E-state index in [1.165, 1.54) is 0 Å². The number of para-hydroxylation sites is 11. The number of rotatable bonds is 6. The molecule has 0 unspecified atom stereocenters. The lowest BCUT2D eigenvalue weighted by molar-refractivity contribution is 1.01. The van der Waals surface area contributed by atoms with Crippen LogP contribution in [-0.2, 0) is 0 Å². The van der Waals surface area contributed by atoms with Crippen molar-refractivity contribution in [3.63, 3.8) is 0 Å². The van der Waals surface area contributed by atoms with Crippen LogP contribution in [0, 0.1) is 11.3 Å². The summed E-state index contributed by atoms with van der Waals surface area (Å²) in [5.74, 6) is 0.698. The normalized spacial score (nSPS) is 12.0. The highest BCUT2D eigenvalue weighted by atomic mass is 15.2. The van der Waals surface area contributed by atoms with Gasteiger partial charge in [-0.3, -0.25) is 4.57 Å². The smallest absolute Gasteiger partial charge is 0.150 e. The number of hydrogen-bond donors (Lipinski definition) is 0. The van der Waals surface area contributed by atoms with Crippen molar-refractivity contribution in [1.82, 2.24) is 27.8 Å². The van der Waals surface area contributed by atoms with Crippen LogP contribution >= 0.6 is 0 Å². The van der Waals surface area contributed by atoms with Gasteiger partial charge in [0.25, 0.3) is 0 Å². The Kier molecular flexibility index (Phi) is 8.68. The highest BCUT2D eigenvalue weighted by molar-refractivity contribution is 6.17. The Bertz CT molecular complexity index is 4880. The molecule has 0 aliphatic carbocycles. The topological polar surface area (TPSA) is 61.3 Å². The van der Waals surface area contributed by atoms with Gasteiger partial charge in [-0.25, -0.2) is 4.98 Å². The number of aromatic nitrogens is 6. The van der Waals surface area contributed by atoms with E-state index in [0.29, 0.717) is 11.4 Å². The predicted octanol–water partition coefficient (Wildman–Crippen LogP) is 17.0. The fourth-order valence-electron chi connectivity index (χ4n) is 12.6. The first kappa shape index (κ1) is 41.2. The first-order valence-electron chi connectivity index (χ1n) is 25.4. The minimum absolute atomic E-state index is 0.496. The van der Waals surface area contributed by atoms with E-state index in [0.717, 1.165) is 132 Å². The van der Waals surface area contributed by atoms with E-state index in [-0.39, 0.29) is 0 Å². The third-order valence-corrected chi connectivity index (χ3v) is 15.5. The molecule has 5 aromatic heterocycles. The van der Waals surface area contributed by atoms with Crippen LogP contribution in [-0.4, -0.2) is 27.8 Å². The number of nitriles is 1. The van der Waals surface area contributed by atoms with Crippen LogP contribution in [0.3, 0.4) is 0 Å². The van der Waals surface area contributed by atoms with Gasteiger partial charge in [-0.2, -0.15) is 5.26 Å². The lowest BCUT2D eigenvalue weighted by Gasteiger charge is -2.29. The molecule has 348 valence electrons. The van der Waals surface area contributed by atoms with Gasteiger partial charge < -0.3 is 18.3 Å². The number of imidazole rings is 1. The molecule has 0 radical (unpaired) electrons. The van der Waals surface area contributed by atoms with Crippen LogP contribution in [0.4, 0.5) is 0 Å². The van der Waals surface area contributed by atoms with Crippen LogP contribution in [0.2, 0.25) is 0 Å². The summed E-state index contributed by atoms with van der Waals surface area (Å²) in [6.07, 6.45) is 0. The van der Waals surface area contributed by atoms with Crippen LogP contribution < -0.4 is 0 Å². The van der Waals surface area contributed by atoms with Gasteiger partial charge in [0.05, 0.1) is 83.5 Å². The molecule has 7 nitrogen and oxygen atoms in total. The maximum atomic E-state index is 12.9. The summed E-state index contributed by atoms with van der Waals surface area (Å²) < 4.78 is 12.0. The fraction of sp³-hybridized carbons (Fsp3) is 0. The maximum absolute atomic E-state index is 12.9. The van der Waals surface area contributed by atoms with Crippen LogP contribution in [0.1, 0.15) is 5.56 Å². The van der Waals surface area contributed by atoms with E-state index in [9.17, 15) is 5.26 Å². The lowest BCUT2D eigenvalue weighted by Crippen LogP contribution is -2.17. The molecule has 0 saturated carbocycles. The average Bonchev–Trinajstić information content (AvgIpc) is 4.31. The van der Waals surface area contributed by atoms with Gasteiger partial charge in [0.1, 0.15) is 17.5 Å². The Morgan fingerprint density at radius 3 is 0.933 bits per heavy atom. The zero-order chi connectivity index (χ0) is 49.3. The number of nitrogens with zero attached hydrogens (tertiary/aromatic N) is 7. The first-order chi connectivity index (χ1) is 37.3. The first-order valence-corrected chi connectivity index (χ1v) is 25.4. The second-order valence-electron chi connectivity index (χ2n) is 19.3. The quantitative estimate of drug-likeness (QED) is 0.167. The molecule has 0 saturated heterocycles. The standard InChI is InChI=1S/C68H41N7/c69-42-52-64(72-54-33-13-4-24-44(54)45-25-5-14-34-55(45)72)63(68-70-53-32-12-21-41-62(53)71(68)43-22-2-1-3-23-43)66(74-58-37-17-8-28-48(58)49-29-9-18-38-59(49)74)67(75-60-39-19-10-30-50(60)51-31-11-20-40-61(51)75)65(52)73-56-35-15-6-26-46(56)47-27-7-16-36-57(47)73/h1-41H. The molecule has 16 aromatic rings. The van der Waals surface area contributed by atoms with Gasteiger partial charge in [0, 0.05) is 48.8 Å². The number of benzene rings is 11. The lowest BCUT2D eigenvalue weighted by atomic mass is 9.97. The van der Waals surface area contributed by atoms with Crippen molar-refractivity contribution in [3.05, 3.63) is 254 Å². The molecular formula is C68H41N7. The van der Waals surface area contributed by atoms with E-state index in [1.54, 1.807) is 0 Å². The Hall–Kier alpha value is -10.4. The molecule has 16 rings (SSSR count). The van der Waals surface area contributed by atoms with Crippen molar-refractivity contribution in [2.45, 2.75) is 0 Å². The highest BCUT2D eigenvalue weighted by Crippen LogP contribution is 2.52. The van der Waals surface area contributed by atoms with Gasteiger partial charge in [0.15, 0.2) is 0 Å². The zero-order valence-electron chi connectivity index (χ0n) is 40.3. The summed E-state index contributed by atoms with van der Waals surface area (Å²) in [5, 5.41) is 21.7. The van der Waals surface area contributed by atoms with E-state index < -0.39 is 0 Å². The van der Waals surface area contributed by atoms with Crippen molar-refractivity contribution in [2.75, 3.05) is 0 Å². The molecule has 11 aromatic carbocycles. The van der Waals surface area contributed by atoms with Gasteiger partial charge in [0.2, 0.25) is 0 Å². The molecule has 0 N–H and O–H groups in total. The maximum Gasteiger partial charge on any atom is 0.150 e. The highest BCUT2D eigenvalue weighted by Gasteiger charge is 2.37. The van der Waals surface area contributed by atoms with Crippen LogP contribution in [0.5, 0.6) is 0 Å². The second kappa shape index (κ2) is 15.8. The molecule has 0 atom stereocenters. The molecular weight excluding hydrogens is 915 g/mol. The van der Waals surface area contributed by atoms with Crippen molar-refractivity contribution in [1.29, 1.82) is 5.26 Å². The third-order valence-electron chi connectivity index (χ3n) is 15.5. The van der Waals surface area contributed by atoms with Crippen molar-refractivity contribution in [3.8, 4) is 45.9 Å². The molecule has 0 bridgehead atoms. The Morgan fingerprint density at radius 2 is 0.560 bits per heavy atom. The van der Waals surface area contributed by atoms with Gasteiger partial charge >= 0.3 is 0 Å². The van der Waals surface area contributed by atoms with E-state index in [1.807, 2.05) is 0 Å².